The van der Waals surface area contributed by atoms with E-state index in [1.165, 1.54) is 30.6 Å². The van der Waals surface area contributed by atoms with E-state index in [2.05, 4.69) is 15.1 Å². The van der Waals surface area contributed by atoms with Crippen LogP contribution in [0.25, 0.3) is 10.7 Å². The molecule has 2 aromatic heterocycles. The Morgan fingerprint density at radius 2 is 2.35 bits per heavy atom. The highest BCUT2D eigenvalue weighted by atomic mass is 32.1. The topological polar surface area (TPSA) is 77.8 Å². The average molecular weight is 250 g/mol. The minimum atomic E-state index is 0.206. The van der Waals surface area contributed by atoms with Gasteiger partial charge in [0.15, 0.2) is 0 Å². The van der Waals surface area contributed by atoms with Gasteiger partial charge < -0.3 is 10.3 Å². The molecule has 17 heavy (non-hydrogen) atoms. The summed E-state index contributed by atoms with van der Waals surface area (Å²) in [5.74, 6) is 1.33. The van der Waals surface area contributed by atoms with Crippen LogP contribution in [0.15, 0.2) is 16.2 Å². The van der Waals surface area contributed by atoms with Gasteiger partial charge in [0.1, 0.15) is 0 Å². The highest BCUT2D eigenvalue weighted by Gasteiger charge is 2.37. The van der Waals surface area contributed by atoms with E-state index in [9.17, 15) is 0 Å². The number of hydrogen-bond donors (Lipinski definition) is 1. The molecule has 6 heteroatoms. The van der Waals surface area contributed by atoms with Gasteiger partial charge in [0.25, 0.3) is 0 Å². The van der Waals surface area contributed by atoms with E-state index < -0.39 is 0 Å². The van der Waals surface area contributed by atoms with Crippen molar-refractivity contribution in [1.82, 2.24) is 15.1 Å². The number of nitrogens with two attached hydrogens (primary N) is 1. The van der Waals surface area contributed by atoms with Gasteiger partial charge in [-0.2, -0.15) is 4.98 Å². The van der Waals surface area contributed by atoms with Gasteiger partial charge in [-0.25, -0.2) is 0 Å². The molecular weight excluding hydrogens is 236 g/mol. The molecule has 0 saturated heterocycles. The normalized spacial score (nSPS) is 17.9. The van der Waals surface area contributed by atoms with Crippen molar-refractivity contribution in [3.63, 3.8) is 0 Å². The largest absolute Gasteiger partial charge is 0.339 e. The first kappa shape index (κ1) is 10.9. The zero-order chi connectivity index (χ0) is 11.7. The number of aromatic nitrogens is 3. The second-order valence-corrected chi connectivity index (χ2v) is 5.50. The summed E-state index contributed by atoms with van der Waals surface area (Å²) in [5, 5.41) is 3.98. The molecule has 3 rings (SSSR count). The molecule has 5 nitrogen and oxygen atoms in total. The van der Waals surface area contributed by atoms with Crippen LogP contribution >= 0.6 is 11.3 Å². The van der Waals surface area contributed by atoms with Crippen LogP contribution in [0.3, 0.4) is 0 Å². The van der Waals surface area contributed by atoms with Gasteiger partial charge >= 0.3 is 0 Å². The number of hydrogen-bond acceptors (Lipinski definition) is 6. The van der Waals surface area contributed by atoms with Crippen LogP contribution in [0.2, 0.25) is 0 Å². The van der Waals surface area contributed by atoms with Crippen molar-refractivity contribution in [2.24, 2.45) is 11.1 Å². The van der Waals surface area contributed by atoms with Gasteiger partial charge in [0, 0.05) is 12.6 Å². The summed E-state index contributed by atoms with van der Waals surface area (Å²) in [6.07, 6.45) is 6.15. The molecule has 0 spiro atoms. The van der Waals surface area contributed by atoms with Gasteiger partial charge in [-0.3, -0.25) is 4.98 Å². The molecule has 0 aliphatic heterocycles. The third kappa shape index (κ3) is 1.98. The molecule has 0 radical (unpaired) electrons. The molecule has 0 amide bonds. The van der Waals surface area contributed by atoms with Gasteiger partial charge in [0.2, 0.25) is 11.7 Å². The zero-order valence-electron chi connectivity index (χ0n) is 9.43. The monoisotopic (exact) mass is 250 g/mol. The lowest BCUT2D eigenvalue weighted by molar-refractivity contribution is 0.129. The molecule has 2 N–H and O–H groups in total. The summed E-state index contributed by atoms with van der Waals surface area (Å²) >= 11 is 1.51. The van der Waals surface area contributed by atoms with Crippen LogP contribution in [0.4, 0.5) is 0 Å². The molecule has 2 aromatic rings. The van der Waals surface area contributed by atoms with E-state index >= 15 is 0 Å². The predicted molar refractivity (Wildman–Crippen MR) is 64.4 cm³/mol. The van der Waals surface area contributed by atoms with Crippen LogP contribution in [-0.4, -0.2) is 21.7 Å². The lowest BCUT2D eigenvalue weighted by Crippen LogP contribution is -2.39. The van der Waals surface area contributed by atoms with Crippen molar-refractivity contribution < 1.29 is 4.52 Å². The molecule has 1 saturated carbocycles. The number of nitrogens with zero attached hydrogens (tertiary/aromatic N) is 3. The predicted octanol–water partition coefficient (Wildman–Crippen LogP) is 1.86. The summed E-state index contributed by atoms with van der Waals surface area (Å²) < 4.78 is 5.28. The minimum absolute atomic E-state index is 0.206. The minimum Gasteiger partial charge on any atom is -0.339 e. The Labute approximate surface area is 103 Å². The van der Waals surface area contributed by atoms with E-state index in [-0.39, 0.29) is 5.41 Å². The van der Waals surface area contributed by atoms with Crippen molar-refractivity contribution in [2.75, 3.05) is 6.54 Å². The standard InChI is InChI=1S/C11H14N4OS/c12-6-11(2-1-3-11)4-9-14-10(15-16-9)8-5-13-7-17-8/h5,7H,1-4,6,12H2. The van der Waals surface area contributed by atoms with Gasteiger partial charge in [0.05, 0.1) is 10.4 Å². The average Bonchev–Trinajstić information content (AvgIpc) is 2.94. The highest BCUT2D eigenvalue weighted by Crippen LogP contribution is 2.42. The molecule has 2 heterocycles. The molecule has 0 atom stereocenters. The quantitative estimate of drug-likeness (QED) is 0.896. The first-order valence-corrected chi connectivity index (χ1v) is 6.61. The van der Waals surface area contributed by atoms with Crippen LogP contribution in [0.5, 0.6) is 0 Å². The fourth-order valence-electron chi connectivity index (χ4n) is 2.20. The van der Waals surface area contributed by atoms with Gasteiger partial charge in [-0.15, -0.1) is 11.3 Å². The van der Waals surface area contributed by atoms with Crippen LogP contribution in [0.1, 0.15) is 25.2 Å². The molecule has 0 unspecified atom stereocenters. The molecule has 0 aromatic carbocycles. The lowest BCUT2D eigenvalue weighted by Gasteiger charge is -2.39. The van der Waals surface area contributed by atoms with Gasteiger partial charge in [-0.1, -0.05) is 11.6 Å². The third-order valence-corrected chi connectivity index (χ3v) is 4.26. The smallest absolute Gasteiger partial charge is 0.227 e. The summed E-state index contributed by atoms with van der Waals surface area (Å²) in [7, 11) is 0. The third-order valence-electron chi connectivity index (χ3n) is 3.49. The Hall–Kier alpha value is -1.27. The first-order valence-electron chi connectivity index (χ1n) is 5.73. The number of thiazole rings is 1. The molecule has 90 valence electrons. The van der Waals surface area contributed by atoms with Crippen LogP contribution < -0.4 is 5.73 Å². The van der Waals surface area contributed by atoms with Crippen molar-refractivity contribution in [3.05, 3.63) is 17.6 Å². The second-order valence-electron chi connectivity index (χ2n) is 4.61. The summed E-state index contributed by atoms with van der Waals surface area (Å²) in [5.41, 5.74) is 7.79. The highest BCUT2D eigenvalue weighted by molar-refractivity contribution is 7.13. The van der Waals surface area contributed by atoms with E-state index in [1.807, 2.05) is 0 Å². The Bertz CT molecular complexity index is 484. The van der Waals surface area contributed by atoms with Crippen LogP contribution in [-0.2, 0) is 6.42 Å². The van der Waals surface area contributed by atoms with E-state index in [0.29, 0.717) is 18.3 Å². The molecule has 1 aliphatic carbocycles. The molecular formula is C11H14N4OS. The van der Waals surface area contributed by atoms with Crippen molar-refractivity contribution in [2.45, 2.75) is 25.7 Å². The van der Waals surface area contributed by atoms with Gasteiger partial charge in [-0.05, 0) is 24.8 Å². The molecule has 0 bridgehead atoms. The maximum absolute atomic E-state index is 5.82. The first-order chi connectivity index (χ1) is 8.31. The Morgan fingerprint density at radius 1 is 1.47 bits per heavy atom. The lowest BCUT2D eigenvalue weighted by atomic mass is 9.67. The second kappa shape index (κ2) is 4.19. The Balaban J connectivity index is 1.77. The molecule has 1 fully saturated rings. The fraction of sp³-hybridized carbons (Fsp3) is 0.545. The fourth-order valence-corrected chi connectivity index (χ4v) is 2.75. The van der Waals surface area contributed by atoms with E-state index in [0.717, 1.165) is 11.3 Å². The Morgan fingerprint density at radius 3 is 2.94 bits per heavy atom. The van der Waals surface area contributed by atoms with Crippen molar-refractivity contribution in [3.8, 4) is 10.7 Å². The summed E-state index contributed by atoms with van der Waals surface area (Å²) in [4.78, 5) is 9.35. The number of rotatable bonds is 4. The summed E-state index contributed by atoms with van der Waals surface area (Å²) in [6, 6.07) is 0. The summed E-state index contributed by atoms with van der Waals surface area (Å²) in [6.45, 7) is 0.700. The Kier molecular flexibility index (Phi) is 2.68. The SMILES string of the molecule is NCC1(Cc2nc(-c3cncs3)no2)CCC1. The molecule has 1 aliphatic rings. The van der Waals surface area contributed by atoms with Crippen molar-refractivity contribution >= 4 is 11.3 Å². The maximum Gasteiger partial charge on any atom is 0.227 e. The van der Waals surface area contributed by atoms with Crippen LogP contribution in [0, 0.1) is 5.41 Å². The maximum atomic E-state index is 5.82. The van der Waals surface area contributed by atoms with Crippen molar-refractivity contribution in [1.29, 1.82) is 0 Å². The van der Waals surface area contributed by atoms with E-state index in [1.54, 1.807) is 11.7 Å². The van der Waals surface area contributed by atoms with E-state index in [4.69, 9.17) is 10.3 Å². The zero-order valence-corrected chi connectivity index (χ0v) is 10.2.